The number of benzene rings is 1. The molecule has 0 atom stereocenters. The summed E-state index contributed by atoms with van der Waals surface area (Å²) >= 11 is 0. The molecule has 26 heavy (non-hydrogen) atoms. The maximum atomic E-state index is 9.93. The minimum atomic E-state index is 0.615. The first kappa shape index (κ1) is 24.7. The van der Waals surface area contributed by atoms with Crippen molar-refractivity contribution in [2.24, 2.45) is 0 Å². The number of amides is 1. The van der Waals surface area contributed by atoms with E-state index in [0.29, 0.717) is 13.0 Å². The molecule has 0 radical (unpaired) electrons. The Morgan fingerprint density at radius 3 is 1.42 bits per heavy atom. The minimum absolute atomic E-state index is 0.615. The van der Waals surface area contributed by atoms with Crippen LogP contribution in [0.5, 0.6) is 0 Å². The summed E-state index contributed by atoms with van der Waals surface area (Å²) in [5, 5.41) is 2.60. The van der Waals surface area contributed by atoms with Crippen molar-refractivity contribution in [3.63, 3.8) is 0 Å². The van der Waals surface area contributed by atoms with E-state index in [1.807, 2.05) is 31.2 Å². The number of unbranched alkanes of at least 4 members (excludes halogenated alkanes) is 12. The smallest absolute Gasteiger partial charge is 0.207 e. The first-order valence-corrected chi connectivity index (χ1v) is 11.0. The molecule has 0 saturated heterocycles. The number of hydrogen-bond acceptors (Lipinski definition) is 1. The molecule has 1 aromatic carbocycles. The van der Waals surface area contributed by atoms with E-state index in [1.165, 1.54) is 89.0 Å². The van der Waals surface area contributed by atoms with E-state index in [2.05, 4.69) is 19.2 Å². The molecule has 0 aliphatic heterocycles. The Morgan fingerprint density at radius 1 is 0.692 bits per heavy atom. The zero-order valence-corrected chi connectivity index (χ0v) is 17.7. The van der Waals surface area contributed by atoms with Crippen molar-refractivity contribution in [2.75, 3.05) is 0 Å². The van der Waals surface area contributed by atoms with Crippen LogP contribution in [-0.4, -0.2) is 6.41 Å². The van der Waals surface area contributed by atoms with Gasteiger partial charge in [-0.1, -0.05) is 127 Å². The lowest BCUT2D eigenvalue weighted by Gasteiger charge is -2.01. The van der Waals surface area contributed by atoms with Crippen LogP contribution in [0.4, 0.5) is 0 Å². The summed E-state index contributed by atoms with van der Waals surface area (Å²) in [5.41, 5.74) is 2.36. The van der Waals surface area contributed by atoms with Crippen LogP contribution in [0.25, 0.3) is 0 Å². The van der Waals surface area contributed by atoms with E-state index >= 15 is 0 Å². The third-order valence-corrected chi connectivity index (χ3v) is 4.72. The van der Waals surface area contributed by atoms with Crippen LogP contribution in [-0.2, 0) is 11.3 Å². The van der Waals surface area contributed by atoms with Gasteiger partial charge in [0.25, 0.3) is 0 Å². The van der Waals surface area contributed by atoms with Gasteiger partial charge < -0.3 is 5.32 Å². The third kappa shape index (κ3) is 17.5. The number of carbonyl (C=O) groups is 1. The topological polar surface area (TPSA) is 29.1 Å². The Hall–Kier alpha value is -1.31. The standard InChI is InChI=1S/C15H32.C9H11NO/c1-3-5-7-9-11-13-15-14-12-10-8-6-4-2;1-8-2-4-9(5-3-8)6-10-7-11/h3-15H2,1-2H3;2-5,7H,6H2,1H3,(H,10,11). The SMILES string of the molecule is CCCCCCCCCCCCCCC.Cc1ccc(CNC=O)cc1. The number of aryl methyl sites for hydroxylation is 1. The van der Waals surface area contributed by atoms with Gasteiger partial charge in [-0.25, -0.2) is 0 Å². The molecule has 0 aliphatic carbocycles. The lowest BCUT2D eigenvalue weighted by molar-refractivity contribution is -0.109. The maximum Gasteiger partial charge on any atom is 0.207 e. The van der Waals surface area contributed by atoms with Crippen molar-refractivity contribution < 1.29 is 4.79 Å². The molecule has 0 spiro atoms. The Morgan fingerprint density at radius 2 is 1.08 bits per heavy atom. The average Bonchev–Trinajstić information content (AvgIpc) is 2.66. The lowest BCUT2D eigenvalue weighted by Crippen LogP contribution is -2.09. The molecule has 150 valence electrons. The molecule has 0 aromatic heterocycles. The highest BCUT2D eigenvalue weighted by Gasteiger charge is 1.92. The summed E-state index contributed by atoms with van der Waals surface area (Å²) in [4.78, 5) is 9.93. The van der Waals surface area contributed by atoms with Crippen LogP contribution < -0.4 is 5.32 Å². The molecular weight excluding hydrogens is 318 g/mol. The van der Waals surface area contributed by atoms with Gasteiger partial charge in [-0.15, -0.1) is 0 Å². The van der Waals surface area contributed by atoms with Gasteiger partial charge in [0.05, 0.1) is 0 Å². The Balaban J connectivity index is 0.000000502. The molecule has 0 saturated carbocycles. The predicted octanol–water partition coefficient (Wildman–Crippen LogP) is 7.34. The van der Waals surface area contributed by atoms with Gasteiger partial charge in [0.2, 0.25) is 6.41 Å². The second-order valence-electron chi connectivity index (χ2n) is 7.37. The lowest BCUT2D eigenvalue weighted by atomic mass is 10.1. The van der Waals surface area contributed by atoms with Crippen molar-refractivity contribution in [3.8, 4) is 0 Å². The summed E-state index contributed by atoms with van der Waals surface area (Å²) in [7, 11) is 0. The summed E-state index contributed by atoms with van der Waals surface area (Å²) < 4.78 is 0. The van der Waals surface area contributed by atoms with E-state index in [9.17, 15) is 4.79 Å². The molecule has 0 unspecified atom stereocenters. The van der Waals surface area contributed by atoms with Gasteiger partial charge in [0, 0.05) is 6.54 Å². The largest absolute Gasteiger partial charge is 0.355 e. The van der Waals surface area contributed by atoms with Gasteiger partial charge in [-0.05, 0) is 12.5 Å². The van der Waals surface area contributed by atoms with Crippen molar-refractivity contribution in [3.05, 3.63) is 35.4 Å². The van der Waals surface area contributed by atoms with Crippen molar-refractivity contribution in [2.45, 2.75) is 111 Å². The molecule has 2 heteroatoms. The first-order chi connectivity index (χ1) is 12.7. The fourth-order valence-electron chi connectivity index (χ4n) is 2.96. The summed E-state index contributed by atoms with van der Waals surface area (Å²) in [6, 6.07) is 8.07. The summed E-state index contributed by atoms with van der Waals surface area (Å²) in [5.74, 6) is 0. The summed E-state index contributed by atoms with van der Waals surface area (Å²) in [6.07, 6.45) is 19.6. The molecule has 2 nitrogen and oxygen atoms in total. The summed E-state index contributed by atoms with van der Waals surface area (Å²) in [6.45, 7) is 7.23. The van der Waals surface area contributed by atoms with Crippen LogP contribution in [0, 0.1) is 6.92 Å². The van der Waals surface area contributed by atoms with Gasteiger partial charge in [0.1, 0.15) is 0 Å². The van der Waals surface area contributed by atoms with Gasteiger partial charge in [-0.2, -0.15) is 0 Å². The molecule has 0 heterocycles. The Bertz CT molecular complexity index is 387. The van der Waals surface area contributed by atoms with Gasteiger partial charge >= 0.3 is 0 Å². The van der Waals surface area contributed by atoms with Crippen LogP contribution in [0.3, 0.4) is 0 Å². The second kappa shape index (κ2) is 20.0. The molecule has 0 fully saturated rings. The molecule has 1 aromatic rings. The zero-order chi connectivity index (χ0) is 19.3. The van der Waals surface area contributed by atoms with E-state index in [0.717, 1.165) is 5.56 Å². The van der Waals surface area contributed by atoms with Crippen LogP contribution in [0.1, 0.15) is 108 Å². The zero-order valence-electron chi connectivity index (χ0n) is 17.7. The highest BCUT2D eigenvalue weighted by atomic mass is 16.1. The Kier molecular flexibility index (Phi) is 19.0. The van der Waals surface area contributed by atoms with Crippen molar-refractivity contribution >= 4 is 6.41 Å². The molecular formula is C24H43NO. The fourth-order valence-corrected chi connectivity index (χ4v) is 2.96. The molecule has 0 aliphatic rings. The number of rotatable bonds is 15. The van der Waals surface area contributed by atoms with E-state index in [1.54, 1.807) is 0 Å². The van der Waals surface area contributed by atoms with Crippen molar-refractivity contribution in [1.29, 1.82) is 0 Å². The Labute approximate surface area is 163 Å². The molecule has 1 rings (SSSR count). The normalized spacial score (nSPS) is 10.1. The third-order valence-electron chi connectivity index (χ3n) is 4.72. The van der Waals surface area contributed by atoms with E-state index < -0.39 is 0 Å². The van der Waals surface area contributed by atoms with Crippen LogP contribution in [0.15, 0.2) is 24.3 Å². The molecule has 1 amide bonds. The van der Waals surface area contributed by atoms with E-state index in [4.69, 9.17) is 0 Å². The highest BCUT2D eigenvalue weighted by Crippen LogP contribution is 2.12. The molecule has 1 N–H and O–H groups in total. The second-order valence-corrected chi connectivity index (χ2v) is 7.37. The van der Waals surface area contributed by atoms with Crippen molar-refractivity contribution in [1.82, 2.24) is 5.32 Å². The van der Waals surface area contributed by atoms with Gasteiger partial charge in [-0.3, -0.25) is 4.79 Å². The highest BCUT2D eigenvalue weighted by molar-refractivity contribution is 5.46. The van der Waals surface area contributed by atoms with E-state index in [-0.39, 0.29) is 0 Å². The maximum absolute atomic E-state index is 9.93. The minimum Gasteiger partial charge on any atom is -0.355 e. The monoisotopic (exact) mass is 361 g/mol. The van der Waals surface area contributed by atoms with Crippen LogP contribution >= 0.6 is 0 Å². The average molecular weight is 362 g/mol. The fraction of sp³-hybridized carbons (Fsp3) is 0.708. The number of hydrogen-bond donors (Lipinski definition) is 1. The predicted molar refractivity (Wildman–Crippen MR) is 115 cm³/mol. The van der Waals surface area contributed by atoms with Gasteiger partial charge in [0.15, 0.2) is 0 Å². The number of carbonyl (C=O) groups excluding carboxylic acids is 1. The quantitative estimate of drug-likeness (QED) is 0.257. The first-order valence-electron chi connectivity index (χ1n) is 11.0. The number of nitrogens with one attached hydrogen (secondary N) is 1. The molecule has 0 bridgehead atoms. The van der Waals surface area contributed by atoms with Crippen LogP contribution in [0.2, 0.25) is 0 Å².